The summed E-state index contributed by atoms with van der Waals surface area (Å²) in [4.78, 5) is 11.7. The van der Waals surface area contributed by atoms with Gasteiger partial charge in [-0.05, 0) is 30.3 Å². The van der Waals surface area contributed by atoms with Gasteiger partial charge in [0.1, 0.15) is 11.6 Å². The van der Waals surface area contributed by atoms with Gasteiger partial charge in [-0.3, -0.25) is 0 Å². The number of hydrogen-bond donors (Lipinski definition) is 2. The molecule has 0 bridgehead atoms. The SMILES string of the molecule is O=C(Nc1cc(F)cc(F)c1)Nc1cc(Br)cc(Br)c1. The molecule has 2 aromatic rings. The van der Waals surface area contributed by atoms with Crippen molar-refractivity contribution in [3.05, 3.63) is 57.0 Å². The predicted molar refractivity (Wildman–Crippen MR) is 80.8 cm³/mol. The summed E-state index contributed by atoms with van der Waals surface area (Å²) >= 11 is 6.58. The molecule has 7 heteroatoms. The maximum atomic E-state index is 13.0. The van der Waals surface area contributed by atoms with Gasteiger partial charge in [-0.15, -0.1) is 0 Å². The Hall–Kier alpha value is -1.47. The number of hydrogen-bond acceptors (Lipinski definition) is 1. The topological polar surface area (TPSA) is 41.1 Å². The zero-order chi connectivity index (χ0) is 14.7. The molecule has 0 aliphatic heterocycles. The highest BCUT2D eigenvalue weighted by Gasteiger charge is 2.06. The van der Waals surface area contributed by atoms with Gasteiger partial charge < -0.3 is 10.6 Å². The van der Waals surface area contributed by atoms with Crippen LogP contribution in [0.5, 0.6) is 0 Å². The number of anilines is 2. The van der Waals surface area contributed by atoms with Crippen molar-refractivity contribution in [1.29, 1.82) is 0 Å². The van der Waals surface area contributed by atoms with Crippen LogP contribution in [0.15, 0.2) is 45.3 Å². The second-order valence-electron chi connectivity index (χ2n) is 3.90. The predicted octanol–water partition coefficient (Wildman–Crippen LogP) is 5.13. The lowest BCUT2D eigenvalue weighted by Crippen LogP contribution is -2.19. The quantitative estimate of drug-likeness (QED) is 0.714. The molecule has 0 atom stereocenters. The van der Waals surface area contributed by atoms with E-state index in [1.165, 1.54) is 0 Å². The maximum absolute atomic E-state index is 13.0. The molecule has 104 valence electrons. The van der Waals surface area contributed by atoms with E-state index >= 15 is 0 Å². The lowest BCUT2D eigenvalue weighted by molar-refractivity contribution is 0.262. The first kappa shape index (κ1) is 14.9. The molecular weight excluding hydrogens is 398 g/mol. The Morgan fingerprint density at radius 3 is 1.75 bits per heavy atom. The highest BCUT2D eigenvalue weighted by molar-refractivity contribution is 9.11. The van der Waals surface area contributed by atoms with Crippen LogP contribution in [-0.2, 0) is 0 Å². The molecule has 0 unspecified atom stereocenters. The van der Waals surface area contributed by atoms with Crippen molar-refractivity contribution in [2.75, 3.05) is 10.6 Å². The fourth-order valence-corrected chi connectivity index (χ4v) is 2.84. The van der Waals surface area contributed by atoms with E-state index in [1.54, 1.807) is 12.1 Å². The second-order valence-corrected chi connectivity index (χ2v) is 5.73. The number of urea groups is 1. The number of carbonyl (C=O) groups is 1. The van der Waals surface area contributed by atoms with Crippen molar-refractivity contribution in [3.63, 3.8) is 0 Å². The van der Waals surface area contributed by atoms with Crippen molar-refractivity contribution in [2.24, 2.45) is 0 Å². The van der Waals surface area contributed by atoms with Gasteiger partial charge in [0, 0.05) is 26.4 Å². The summed E-state index contributed by atoms with van der Waals surface area (Å²) in [6.07, 6.45) is 0. The zero-order valence-corrected chi connectivity index (χ0v) is 13.1. The average molecular weight is 406 g/mol. The third kappa shape index (κ3) is 4.28. The highest BCUT2D eigenvalue weighted by Crippen LogP contribution is 2.23. The fourth-order valence-electron chi connectivity index (χ4n) is 1.55. The third-order valence-corrected chi connectivity index (χ3v) is 3.16. The highest BCUT2D eigenvalue weighted by atomic mass is 79.9. The molecule has 0 saturated heterocycles. The largest absolute Gasteiger partial charge is 0.323 e. The summed E-state index contributed by atoms with van der Waals surface area (Å²) < 4.78 is 27.5. The molecule has 2 aromatic carbocycles. The minimum absolute atomic E-state index is 0.0362. The van der Waals surface area contributed by atoms with Crippen LogP contribution in [0.1, 0.15) is 0 Å². The van der Waals surface area contributed by atoms with Crippen LogP contribution in [0.2, 0.25) is 0 Å². The van der Waals surface area contributed by atoms with Crippen LogP contribution in [0, 0.1) is 11.6 Å². The van der Waals surface area contributed by atoms with Crippen LogP contribution >= 0.6 is 31.9 Å². The van der Waals surface area contributed by atoms with Gasteiger partial charge in [-0.2, -0.15) is 0 Å². The molecule has 0 heterocycles. The Morgan fingerprint density at radius 1 is 0.800 bits per heavy atom. The van der Waals surface area contributed by atoms with Crippen LogP contribution in [-0.4, -0.2) is 6.03 Å². The normalized spacial score (nSPS) is 10.2. The number of benzene rings is 2. The van der Waals surface area contributed by atoms with Gasteiger partial charge >= 0.3 is 6.03 Å². The summed E-state index contributed by atoms with van der Waals surface area (Å²) in [6, 6.07) is 7.38. The molecule has 0 aliphatic carbocycles. The smallest absolute Gasteiger partial charge is 0.308 e. The number of halogens is 4. The van der Waals surface area contributed by atoms with Gasteiger partial charge in [0.05, 0.1) is 0 Å². The van der Waals surface area contributed by atoms with Gasteiger partial charge in [-0.1, -0.05) is 31.9 Å². The molecule has 2 N–H and O–H groups in total. The second kappa shape index (κ2) is 6.32. The Kier molecular flexibility index (Phi) is 4.72. The standard InChI is InChI=1S/C13H8Br2F2N2O/c14-7-1-8(15)3-11(2-7)18-13(20)19-12-5-9(16)4-10(17)6-12/h1-6H,(H2,18,19,20). The third-order valence-electron chi connectivity index (χ3n) is 2.24. The number of nitrogens with one attached hydrogen (secondary N) is 2. The average Bonchev–Trinajstić information content (AvgIpc) is 2.24. The van der Waals surface area contributed by atoms with Crippen molar-refractivity contribution in [2.45, 2.75) is 0 Å². The summed E-state index contributed by atoms with van der Waals surface area (Å²) in [5, 5.41) is 4.91. The number of carbonyl (C=O) groups excluding carboxylic acids is 1. The number of amides is 2. The molecule has 0 saturated carbocycles. The Labute approximate surface area is 130 Å². The van der Waals surface area contributed by atoms with Crippen molar-refractivity contribution < 1.29 is 13.6 Å². The van der Waals surface area contributed by atoms with Crippen LogP contribution in [0.25, 0.3) is 0 Å². The molecule has 0 aromatic heterocycles. The molecular formula is C13H8Br2F2N2O. The van der Waals surface area contributed by atoms with E-state index in [4.69, 9.17) is 0 Å². The molecule has 0 radical (unpaired) electrons. The Morgan fingerprint density at radius 2 is 1.25 bits per heavy atom. The summed E-state index contributed by atoms with van der Waals surface area (Å²) in [5.41, 5.74) is 0.565. The first-order chi connectivity index (χ1) is 9.42. The lowest BCUT2D eigenvalue weighted by atomic mass is 10.3. The molecule has 0 fully saturated rings. The Balaban J connectivity index is 2.08. The van der Waals surface area contributed by atoms with E-state index < -0.39 is 17.7 Å². The number of rotatable bonds is 2. The first-order valence-electron chi connectivity index (χ1n) is 5.42. The van der Waals surface area contributed by atoms with Gasteiger partial charge in [0.15, 0.2) is 0 Å². The van der Waals surface area contributed by atoms with Crippen LogP contribution in [0.4, 0.5) is 25.0 Å². The Bertz CT molecular complexity index is 569. The molecule has 3 nitrogen and oxygen atoms in total. The van der Waals surface area contributed by atoms with E-state index in [2.05, 4.69) is 42.5 Å². The van der Waals surface area contributed by atoms with E-state index in [9.17, 15) is 13.6 Å². The first-order valence-corrected chi connectivity index (χ1v) is 7.01. The minimum Gasteiger partial charge on any atom is -0.308 e. The van der Waals surface area contributed by atoms with E-state index in [-0.39, 0.29) is 5.69 Å². The molecule has 2 amide bonds. The lowest BCUT2D eigenvalue weighted by Gasteiger charge is -2.08. The summed E-state index contributed by atoms with van der Waals surface area (Å²) in [6.45, 7) is 0. The molecule has 20 heavy (non-hydrogen) atoms. The fraction of sp³-hybridized carbons (Fsp3) is 0. The summed E-state index contributed by atoms with van der Waals surface area (Å²) in [7, 11) is 0. The molecule has 0 aliphatic rings. The van der Waals surface area contributed by atoms with Gasteiger partial charge in [-0.25, -0.2) is 13.6 Å². The molecule has 2 rings (SSSR count). The monoisotopic (exact) mass is 404 g/mol. The van der Waals surface area contributed by atoms with Crippen molar-refractivity contribution in [3.8, 4) is 0 Å². The van der Waals surface area contributed by atoms with Crippen LogP contribution < -0.4 is 10.6 Å². The molecule has 0 spiro atoms. The van der Waals surface area contributed by atoms with E-state index in [1.807, 2.05) is 6.07 Å². The van der Waals surface area contributed by atoms with Gasteiger partial charge in [0.2, 0.25) is 0 Å². The van der Waals surface area contributed by atoms with Crippen LogP contribution in [0.3, 0.4) is 0 Å². The summed E-state index contributed by atoms with van der Waals surface area (Å²) in [5.74, 6) is -1.52. The van der Waals surface area contributed by atoms with E-state index in [0.29, 0.717) is 5.69 Å². The minimum atomic E-state index is -0.759. The van der Waals surface area contributed by atoms with Crippen molar-refractivity contribution in [1.82, 2.24) is 0 Å². The van der Waals surface area contributed by atoms with Crippen molar-refractivity contribution >= 4 is 49.3 Å². The zero-order valence-electron chi connectivity index (χ0n) is 9.88. The van der Waals surface area contributed by atoms with E-state index in [0.717, 1.165) is 27.1 Å². The maximum Gasteiger partial charge on any atom is 0.323 e. The van der Waals surface area contributed by atoms with Gasteiger partial charge in [0.25, 0.3) is 0 Å².